The number of rotatable bonds is 4. The highest BCUT2D eigenvalue weighted by Crippen LogP contribution is 2.22. The van der Waals surface area contributed by atoms with E-state index in [0.717, 1.165) is 18.4 Å². The Balaban J connectivity index is 1.62. The lowest BCUT2D eigenvalue weighted by molar-refractivity contribution is 0.0780. The second-order valence-electron chi connectivity index (χ2n) is 5.67. The van der Waals surface area contributed by atoms with Crippen molar-refractivity contribution in [2.45, 2.75) is 12.8 Å². The van der Waals surface area contributed by atoms with E-state index in [0.29, 0.717) is 24.7 Å². The summed E-state index contributed by atoms with van der Waals surface area (Å²) in [4.78, 5) is 22.3. The predicted molar refractivity (Wildman–Crippen MR) is 82.7 cm³/mol. The van der Waals surface area contributed by atoms with E-state index in [-0.39, 0.29) is 17.7 Å². The molecule has 1 atom stereocenters. The Hall–Kier alpha value is -2.50. The molecule has 1 saturated heterocycles. The van der Waals surface area contributed by atoms with Gasteiger partial charge in [0.1, 0.15) is 11.5 Å². The van der Waals surface area contributed by atoms with E-state index in [2.05, 4.69) is 9.97 Å². The Morgan fingerprint density at radius 3 is 2.87 bits per heavy atom. The molecule has 0 spiro atoms. The van der Waals surface area contributed by atoms with Gasteiger partial charge in [0, 0.05) is 19.3 Å². The van der Waals surface area contributed by atoms with Gasteiger partial charge in [-0.3, -0.25) is 4.79 Å². The lowest BCUT2D eigenvalue weighted by atomic mass is 9.99. The Bertz CT molecular complexity index is 690. The number of carbonyl (C=O) groups excluding carboxylic acids is 1. The van der Waals surface area contributed by atoms with E-state index in [1.54, 1.807) is 23.1 Å². The van der Waals surface area contributed by atoms with Gasteiger partial charge in [-0.1, -0.05) is 12.1 Å². The zero-order valence-electron chi connectivity index (χ0n) is 12.9. The van der Waals surface area contributed by atoms with Crippen LogP contribution in [0.2, 0.25) is 0 Å². The van der Waals surface area contributed by atoms with Gasteiger partial charge in [0.05, 0.1) is 7.11 Å². The number of benzene rings is 1. The summed E-state index contributed by atoms with van der Waals surface area (Å²) in [6, 6.07) is 8.33. The van der Waals surface area contributed by atoms with Gasteiger partial charge < -0.3 is 9.64 Å². The van der Waals surface area contributed by atoms with E-state index >= 15 is 0 Å². The average molecular weight is 315 g/mol. The van der Waals surface area contributed by atoms with Crippen molar-refractivity contribution in [1.29, 1.82) is 0 Å². The number of ether oxygens (including phenoxy) is 1. The molecule has 1 fully saturated rings. The fourth-order valence-electron chi connectivity index (χ4n) is 2.86. The highest BCUT2D eigenvalue weighted by molar-refractivity contribution is 5.92. The number of nitrogens with zero attached hydrogens (tertiary/aromatic N) is 3. The fraction of sp³-hybridized carbons (Fsp3) is 0.353. The SMILES string of the molecule is COc1nccc(C(=O)N2CCC(Cc3ccc(F)cc3)C2)n1. The van der Waals surface area contributed by atoms with Gasteiger partial charge >= 0.3 is 6.01 Å². The summed E-state index contributed by atoms with van der Waals surface area (Å²) in [5, 5.41) is 0. The van der Waals surface area contributed by atoms with E-state index in [9.17, 15) is 9.18 Å². The third kappa shape index (κ3) is 3.64. The molecule has 1 unspecified atom stereocenters. The van der Waals surface area contributed by atoms with Gasteiger partial charge in [-0.05, 0) is 42.5 Å². The van der Waals surface area contributed by atoms with E-state index in [4.69, 9.17) is 4.74 Å². The standard InChI is InChI=1S/C17H18FN3O2/c1-23-17-19-8-6-15(20-17)16(22)21-9-7-13(11-21)10-12-2-4-14(18)5-3-12/h2-6,8,13H,7,9-11H2,1H3. The van der Waals surface area contributed by atoms with Crippen molar-refractivity contribution in [2.24, 2.45) is 5.92 Å². The molecule has 1 aromatic carbocycles. The van der Waals surface area contributed by atoms with Crippen molar-refractivity contribution in [1.82, 2.24) is 14.9 Å². The smallest absolute Gasteiger partial charge is 0.316 e. The minimum atomic E-state index is -0.227. The summed E-state index contributed by atoms with van der Waals surface area (Å²) in [6.07, 6.45) is 3.30. The van der Waals surface area contributed by atoms with Gasteiger partial charge in [-0.15, -0.1) is 0 Å². The number of likely N-dealkylation sites (tertiary alicyclic amines) is 1. The second kappa shape index (κ2) is 6.73. The van der Waals surface area contributed by atoms with Crippen LogP contribution in [0.4, 0.5) is 4.39 Å². The maximum atomic E-state index is 12.9. The number of methoxy groups -OCH3 is 1. The van der Waals surface area contributed by atoms with Crippen molar-refractivity contribution in [3.63, 3.8) is 0 Å². The molecule has 0 radical (unpaired) electrons. The van der Waals surface area contributed by atoms with Crippen LogP contribution in [-0.4, -0.2) is 41.0 Å². The zero-order valence-corrected chi connectivity index (χ0v) is 12.9. The summed E-state index contributed by atoms with van der Waals surface area (Å²) in [7, 11) is 1.47. The van der Waals surface area contributed by atoms with Crippen molar-refractivity contribution in [2.75, 3.05) is 20.2 Å². The molecule has 1 aliphatic rings. The van der Waals surface area contributed by atoms with Crippen LogP contribution in [0.1, 0.15) is 22.5 Å². The fourth-order valence-corrected chi connectivity index (χ4v) is 2.86. The van der Waals surface area contributed by atoms with Crippen LogP contribution in [0.3, 0.4) is 0 Å². The van der Waals surface area contributed by atoms with Crippen LogP contribution in [0.15, 0.2) is 36.5 Å². The third-order valence-corrected chi connectivity index (χ3v) is 4.05. The largest absolute Gasteiger partial charge is 0.467 e. The molecule has 6 heteroatoms. The molecule has 0 aliphatic carbocycles. The molecule has 0 saturated carbocycles. The van der Waals surface area contributed by atoms with Crippen molar-refractivity contribution < 1.29 is 13.9 Å². The Morgan fingerprint density at radius 1 is 1.35 bits per heavy atom. The lowest BCUT2D eigenvalue weighted by Gasteiger charge is -2.16. The molecule has 1 aromatic heterocycles. The molecule has 3 rings (SSSR count). The maximum absolute atomic E-state index is 12.9. The van der Waals surface area contributed by atoms with Gasteiger partial charge in [0.15, 0.2) is 0 Å². The summed E-state index contributed by atoms with van der Waals surface area (Å²) < 4.78 is 17.9. The normalized spacial score (nSPS) is 17.3. The molecule has 0 bridgehead atoms. The number of hydrogen-bond donors (Lipinski definition) is 0. The summed E-state index contributed by atoms with van der Waals surface area (Å²) >= 11 is 0. The monoisotopic (exact) mass is 315 g/mol. The van der Waals surface area contributed by atoms with Crippen LogP contribution >= 0.6 is 0 Å². The lowest BCUT2D eigenvalue weighted by Crippen LogP contribution is -2.29. The second-order valence-corrected chi connectivity index (χ2v) is 5.67. The van der Waals surface area contributed by atoms with Crippen LogP contribution in [0.25, 0.3) is 0 Å². The van der Waals surface area contributed by atoms with Crippen molar-refractivity contribution >= 4 is 5.91 Å². The number of hydrogen-bond acceptors (Lipinski definition) is 4. The number of aromatic nitrogens is 2. The highest BCUT2D eigenvalue weighted by atomic mass is 19.1. The minimum Gasteiger partial charge on any atom is -0.467 e. The third-order valence-electron chi connectivity index (χ3n) is 4.05. The van der Waals surface area contributed by atoms with Gasteiger partial charge in [0.2, 0.25) is 0 Å². The first-order valence-corrected chi connectivity index (χ1v) is 7.56. The summed E-state index contributed by atoms with van der Waals surface area (Å²) in [6.45, 7) is 1.39. The van der Waals surface area contributed by atoms with Gasteiger partial charge in [-0.25, -0.2) is 9.37 Å². The van der Waals surface area contributed by atoms with Gasteiger partial charge in [0.25, 0.3) is 5.91 Å². The van der Waals surface area contributed by atoms with Crippen LogP contribution in [-0.2, 0) is 6.42 Å². The first-order chi connectivity index (χ1) is 11.2. The quantitative estimate of drug-likeness (QED) is 0.869. The number of amides is 1. The molecule has 1 amide bonds. The molecule has 2 heterocycles. The predicted octanol–water partition coefficient (Wildman–Crippen LogP) is 2.33. The van der Waals surface area contributed by atoms with Crippen LogP contribution < -0.4 is 4.74 Å². The van der Waals surface area contributed by atoms with E-state index < -0.39 is 0 Å². The molecule has 1 aliphatic heterocycles. The molecular formula is C17H18FN3O2. The average Bonchev–Trinajstić information content (AvgIpc) is 3.05. The Kier molecular flexibility index (Phi) is 4.50. The Labute approximate surface area is 134 Å². The summed E-state index contributed by atoms with van der Waals surface area (Å²) in [5.41, 5.74) is 1.44. The maximum Gasteiger partial charge on any atom is 0.316 e. The molecular weight excluding hydrogens is 297 g/mol. The van der Waals surface area contributed by atoms with Crippen molar-refractivity contribution in [3.05, 3.63) is 53.6 Å². The molecule has 120 valence electrons. The molecule has 23 heavy (non-hydrogen) atoms. The first kappa shape index (κ1) is 15.4. The van der Waals surface area contributed by atoms with E-state index in [1.165, 1.54) is 25.4 Å². The number of carbonyl (C=O) groups is 1. The number of halogens is 1. The molecule has 0 N–H and O–H groups in total. The van der Waals surface area contributed by atoms with Crippen LogP contribution in [0.5, 0.6) is 6.01 Å². The Morgan fingerprint density at radius 2 is 2.13 bits per heavy atom. The zero-order chi connectivity index (χ0) is 16.2. The molecule has 2 aromatic rings. The highest BCUT2D eigenvalue weighted by Gasteiger charge is 2.28. The van der Waals surface area contributed by atoms with Gasteiger partial charge in [-0.2, -0.15) is 4.98 Å². The van der Waals surface area contributed by atoms with Crippen molar-refractivity contribution in [3.8, 4) is 6.01 Å². The minimum absolute atomic E-state index is 0.104. The first-order valence-electron chi connectivity index (χ1n) is 7.56. The summed E-state index contributed by atoms with van der Waals surface area (Å²) in [5.74, 6) is 0.0511. The van der Waals surface area contributed by atoms with E-state index in [1.807, 2.05) is 0 Å². The topological polar surface area (TPSA) is 55.3 Å². The van der Waals surface area contributed by atoms with Crippen LogP contribution in [0, 0.1) is 11.7 Å². The molecule has 5 nitrogen and oxygen atoms in total.